The number of benzene rings is 1. The molecule has 1 heterocycles. The number of aromatic nitrogens is 1. The first-order valence-corrected chi connectivity index (χ1v) is 5.89. The maximum absolute atomic E-state index is 8.71. The fraction of sp³-hybridized carbons (Fsp3) is 0.0909. The molecule has 86 valence electrons. The molecule has 0 saturated heterocycles. The van der Waals surface area contributed by atoms with Gasteiger partial charge in [-0.1, -0.05) is 22.9 Å². The van der Waals surface area contributed by atoms with Gasteiger partial charge in [0.05, 0.1) is 19.0 Å². The van der Waals surface area contributed by atoms with E-state index in [4.69, 9.17) is 21.6 Å². The molecule has 1 aromatic heterocycles. The minimum absolute atomic E-state index is 0.550. The molecule has 0 radical (unpaired) electrons. The molecular weight excluding hydrogens is 258 g/mol. The molecule has 0 spiro atoms. The molecule has 0 atom stereocenters. The molecule has 0 aliphatic rings. The Labute approximate surface area is 107 Å². The van der Waals surface area contributed by atoms with Crippen LogP contribution < -0.4 is 10.1 Å². The molecule has 0 fully saturated rings. The average Bonchev–Trinajstić information content (AvgIpc) is 2.77. The lowest BCUT2D eigenvalue weighted by Gasteiger charge is -2.08. The van der Waals surface area contributed by atoms with E-state index in [0.29, 0.717) is 20.8 Å². The normalized spacial score (nSPS) is 9.71. The summed E-state index contributed by atoms with van der Waals surface area (Å²) in [7, 11) is 1.58. The van der Waals surface area contributed by atoms with Gasteiger partial charge in [0.25, 0.3) is 0 Å². The largest absolute Gasteiger partial charge is 0.495 e. The molecular formula is C11H8ClN3OS. The Hall–Kier alpha value is -1.77. The number of halogens is 1. The van der Waals surface area contributed by atoms with Gasteiger partial charge < -0.3 is 10.1 Å². The third-order valence-corrected chi connectivity index (χ3v) is 3.07. The number of nitrogens with zero attached hydrogens (tertiary/aromatic N) is 2. The Kier molecular flexibility index (Phi) is 3.47. The van der Waals surface area contributed by atoms with Crippen molar-refractivity contribution >= 4 is 33.8 Å². The van der Waals surface area contributed by atoms with Gasteiger partial charge in [0.1, 0.15) is 16.7 Å². The van der Waals surface area contributed by atoms with Gasteiger partial charge in [-0.25, -0.2) is 4.98 Å². The molecule has 2 aromatic rings. The fourth-order valence-corrected chi connectivity index (χ4v) is 2.07. The molecule has 1 aromatic carbocycles. The highest BCUT2D eigenvalue weighted by Gasteiger charge is 2.07. The molecule has 4 nitrogen and oxygen atoms in total. The van der Waals surface area contributed by atoms with E-state index in [1.54, 1.807) is 25.3 Å². The Morgan fingerprint density at radius 1 is 1.53 bits per heavy atom. The van der Waals surface area contributed by atoms with Gasteiger partial charge >= 0.3 is 0 Å². The number of ether oxygens (including phenoxy) is 1. The Balaban J connectivity index is 2.29. The van der Waals surface area contributed by atoms with E-state index >= 15 is 0 Å². The topological polar surface area (TPSA) is 57.9 Å². The van der Waals surface area contributed by atoms with Crippen molar-refractivity contribution in [3.05, 3.63) is 34.3 Å². The quantitative estimate of drug-likeness (QED) is 0.924. The van der Waals surface area contributed by atoms with Gasteiger partial charge in [0.15, 0.2) is 5.13 Å². The number of anilines is 2. The second-order valence-corrected chi connectivity index (χ2v) is 4.58. The average molecular weight is 266 g/mol. The summed E-state index contributed by atoms with van der Waals surface area (Å²) in [5, 5.41) is 13.0. The van der Waals surface area contributed by atoms with Crippen molar-refractivity contribution < 1.29 is 4.74 Å². The van der Waals surface area contributed by atoms with Crippen molar-refractivity contribution in [2.24, 2.45) is 0 Å². The summed E-state index contributed by atoms with van der Waals surface area (Å²) in [5.74, 6) is 0.670. The van der Waals surface area contributed by atoms with Crippen LogP contribution in [-0.2, 0) is 0 Å². The highest BCUT2D eigenvalue weighted by Crippen LogP contribution is 2.31. The van der Waals surface area contributed by atoms with Crippen molar-refractivity contribution in [1.82, 2.24) is 4.98 Å². The van der Waals surface area contributed by atoms with Crippen LogP contribution in [0.3, 0.4) is 0 Å². The number of hydrogen-bond acceptors (Lipinski definition) is 5. The van der Waals surface area contributed by atoms with Crippen molar-refractivity contribution in [1.29, 1.82) is 5.26 Å². The van der Waals surface area contributed by atoms with Gasteiger partial charge in [-0.05, 0) is 18.2 Å². The van der Waals surface area contributed by atoms with Crippen LogP contribution in [-0.4, -0.2) is 12.1 Å². The second-order valence-electron chi connectivity index (χ2n) is 3.11. The molecule has 0 unspecified atom stereocenters. The van der Waals surface area contributed by atoms with Crippen molar-refractivity contribution in [2.45, 2.75) is 0 Å². The van der Waals surface area contributed by atoms with Crippen molar-refractivity contribution in [3.63, 3.8) is 0 Å². The van der Waals surface area contributed by atoms with E-state index in [0.717, 1.165) is 5.69 Å². The van der Waals surface area contributed by atoms with Crippen LogP contribution in [0.1, 0.15) is 4.88 Å². The highest BCUT2D eigenvalue weighted by atomic mass is 35.5. The number of hydrogen-bond donors (Lipinski definition) is 1. The van der Waals surface area contributed by atoms with Crippen LogP contribution in [0, 0.1) is 11.3 Å². The molecule has 6 heteroatoms. The van der Waals surface area contributed by atoms with E-state index in [2.05, 4.69) is 10.3 Å². The van der Waals surface area contributed by atoms with Gasteiger partial charge in [-0.3, -0.25) is 0 Å². The van der Waals surface area contributed by atoms with E-state index < -0.39 is 0 Å². The van der Waals surface area contributed by atoms with E-state index in [9.17, 15) is 0 Å². The summed E-state index contributed by atoms with van der Waals surface area (Å²) in [6, 6.07) is 7.29. The van der Waals surface area contributed by atoms with Gasteiger partial charge in [0.2, 0.25) is 0 Å². The maximum Gasteiger partial charge on any atom is 0.188 e. The maximum atomic E-state index is 8.71. The van der Waals surface area contributed by atoms with Gasteiger partial charge in [-0.15, -0.1) is 0 Å². The second kappa shape index (κ2) is 5.04. The molecule has 1 N–H and O–H groups in total. The zero-order valence-corrected chi connectivity index (χ0v) is 10.5. The third kappa shape index (κ3) is 2.67. The zero-order valence-electron chi connectivity index (χ0n) is 8.90. The van der Waals surface area contributed by atoms with Crippen molar-refractivity contribution in [3.8, 4) is 11.8 Å². The summed E-state index contributed by atoms with van der Waals surface area (Å²) < 4.78 is 5.20. The standard InChI is InChI=1S/C11H8ClN3OS/c1-16-10-3-2-7(12)4-9(10)15-11-14-6-8(5-13)17-11/h2-4,6H,1H3,(H,14,15). The minimum Gasteiger partial charge on any atom is -0.495 e. The Bertz CT molecular complexity index is 576. The lowest BCUT2D eigenvalue weighted by Crippen LogP contribution is -1.93. The Morgan fingerprint density at radius 3 is 3.00 bits per heavy atom. The summed E-state index contributed by atoms with van der Waals surface area (Å²) in [5.41, 5.74) is 0.721. The smallest absolute Gasteiger partial charge is 0.188 e. The van der Waals surface area contributed by atoms with E-state index in [-0.39, 0.29) is 0 Å². The van der Waals surface area contributed by atoms with Crippen LogP contribution in [0.25, 0.3) is 0 Å². The first-order chi connectivity index (χ1) is 8.22. The number of nitrogens with one attached hydrogen (secondary N) is 1. The van der Waals surface area contributed by atoms with Gasteiger partial charge in [-0.2, -0.15) is 5.26 Å². The monoisotopic (exact) mass is 265 g/mol. The predicted octanol–water partition coefficient (Wildman–Crippen LogP) is 3.42. The zero-order chi connectivity index (χ0) is 12.3. The predicted molar refractivity (Wildman–Crippen MR) is 68.1 cm³/mol. The van der Waals surface area contributed by atoms with Crippen molar-refractivity contribution in [2.75, 3.05) is 12.4 Å². The first-order valence-electron chi connectivity index (χ1n) is 4.69. The molecule has 0 amide bonds. The summed E-state index contributed by atoms with van der Waals surface area (Å²) in [6.07, 6.45) is 1.52. The minimum atomic E-state index is 0.550. The number of thiazole rings is 1. The fourth-order valence-electron chi connectivity index (χ4n) is 1.28. The molecule has 17 heavy (non-hydrogen) atoms. The number of methoxy groups -OCH3 is 1. The van der Waals surface area contributed by atoms with E-state index in [1.165, 1.54) is 17.5 Å². The summed E-state index contributed by atoms with van der Waals surface area (Å²) in [4.78, 5) is 4.62. The van der Waals surface area contributed by atoms with E-state index in [1.807, 2.05) is 6.07 Å². The Morgan fingerprint density at radius 2 is 2.35 bits per heavy atom. The highest BCUT2D eigenvalue weighted by molar-refractivity contribution is 7.16. The van der Waals surface area contributed by atoms with Crippen LogP contribution in [0.15, 0.2) is 24.4 Å². The summed E-state index contributed by atoms with van der Waals surface area (Å²) >= 11 is 7.18. The molecule has 0 aliphatic heterocycles. The number of rotatable bonds is 3. The molecule has 0 aliphatic carbocycles. The van der Waals surface area contributed by atoms with Gasteiger partial charge in [0, 0.05) is 5.02 Å². The SMILES string of the molecule is COc1ccc(Cl)cc1Nc1ncc(C#N)s1. The van der Waals surface area contributed by atoms with Crippen LogP contribution >= 0.6 is 22.9 Å². The molecule has 2 rings (SSSR count). The molecule has 0 bridgehead atoms. The summed E-state index contributed by atoms with van der Waals surface area (Å²) in [6.45, 7) is 0. The lowest BCUT2D eigenvalue weighted by molar-refractivity contribution is 0.417. The lowest BCUT2D eigenvalue weighted by atomic mass is 10.3. The van der Waals surface area contributed by atoms with Crippen LogP contribution in [0.2, 0.25) is 5.02 Å². The first kappa shape index (κ1) is 11.7. The van der Waals surface area contributed by atoms with Crippen LogP contribution in [0.4, 0.5) is 10.8 Å². The number of nitriles is 1. The van der Waals surface area contributed by atoms with Crippen LogP contribution in [0.5, 0.6) is 5.75 Å². The third-order valence-electron chi connectivity index (χ3n) is 2.02. The molecule has 0 saturated carbocycles.